The number of hydrogen-bond acceptors (Lipinski definition) is 3. The molecule has 0 spiro atoms. The van der Waals surface area contributed by atoms with Crippen molar-refractivity contribution in [1.82, 2.24) is 15.5 Å². The average molecular weight is 322 g/mol. The van der Waals surface area contributed by atoms with Gasteiger partial charge in [-0.05, 0) is 18.1 Å². The lowest BCUT2D eigenvalue weighted by Gasteiger charge is -2.21. The Balaban J connectivity index is 2.14. The molecular formula is C16H20ClN3O2. The van der Waals surface area contributed by atoms with Crippen molar-refractivity contribution in [3.05, 3.63) is 41.0 Å². The first-order chi connectivity index (χ1) is 10.6. The number of rotatable bonds is 6. The number of halogens is 1. The van der Waals surface area contributed by atoms with Crippen LogP contribution in [0.15, 0.2) is 30.3 Å². The van der Waals surface area contributed by atoms with E-state index in [-0.39, 0.29) is 24.5 Å². The Hall–Kier alpha value is -1.85. The van der Waals surface area contributed by atoms with E-state index in [0.29, 0.717) is 16.4 Å². The molecule has 0 saturated heterocycles. The van der Waals surface area contributed by atoms with Crippen LogP contribution in [-0.2, 0) is 0 Å². The van der Waals surface area contributed by atoms with Crippen LogP contribution in [0.25, 0.3) is 11.3 Å². The maximum absolute atomic E-state index is 12.2. The third-order valence-electron chi connectivity index (χ3n) is 3.82. The minimum absolute atomic E-state index is 0.0910. The molecular weight excluding hydrogens is 302 g/mol. The van der Waals surface area contributed by atoms with Gasteiger partial charge >= 0.3 is 0 Å². The summed E-state index contributed by atoms with van der Waals surface area (Å²) >= 11 is 6.13. The van der Waals surface area contributed by atoms with E-state index >= 15 is 0 Å². The lowest BCUT2D eigenvalue weighted by atomic mass is 10.00. The predicted octanol–water partition coefficient (Wildman–Crippen LogP) is 2.87. The molecule has 0 aliphatic heterocycles. The SMILES string of the molecule is CC[C@@H](C)[C@H](CO)NC(=O)c1cc(-c2ccccc2Cl)n[nH]1. The smallest absolute Gasteiger partial charge is 0.269 e. The number of carbonyl (C=O) groups is 1. The maximum Gasteiger partial charge on any atom is 0.269 e. The summed E-state index contributed by atoms with van der Waals surface area (Å²) < 4.78 is 0. The van der Waals surface area contributed by atoms with Gasteiger partial charge in [0.05, 0.1) is 23.4 Å². The molecule has 0 fully saturated rings. The van der Waals surface area contributed by atoms with Crippen molar-refractivity contribution in [2.24, 2.45) is 5.92 Å². The Morgan fingerprint density at radius 3 is 2.82 bits per heavy atom. The van der Waals surface area contributed by atoms with Crippen LogP contribution in [0.1, 0.15) is 30.8 Å². The van der Waals surface area contributed by atoms with E-state index in [0.717, 1.165) is 12.0 Å². The molecule has 3 N–H and O–H groups in total. The molecule has 22 heavy (non-hydrogen) atoms. The van der Waals surface area contributed by atoms with Gasteiger partial charge in [-0.2, -0.15) is 5.10 Å². The zero-order chi connectivity index (χ0) is 16.1. The monoisotopic (exact) mass is 321 g/mol. The van der Waals surface area contributed by atoms with Gasteiger partial charge in [0, 0.05) is 5.56 Å². The number of benzene rings is 1. The van der Waals surface area contributed by atoms with Crippen LogP contribution >= 0.6 is 11.6 Å². The van der Waals surface area contributed by atoms with Gasteiger partial charge in [0.2, 0.25) is 0 Å². The molecule has 1 amide bonds. The fourth-order valence-electron chi connectivity index (χ4n) is 2.14. The number of aromatic nitrogens is 2. The van der Waals surface area contributed by atoms with Gasteiger partial charge in [0.1, 0.15) is 5.69 Å². The van der Waals surface area contributed by atoms with Gasteiger partial charge in [-0.15, -0.1) is 0 Å². The first-order valence-corrected chi connectivity index (χ1v) is 7.66. The number of nitrogens with one attached hydrogen (secondary N) is 2. The Morgan fingerprint density at radius 1 is 1.45 bits per heavy atom. The molecule has 2 aromatic rings. The molecule has 0 aliphatic carbocycles. The number of carbonyl (C=O) groups excluding carboxylic acids is 1. The summed E-state index contributed by atoms with van der Waals surface area (Å²) in [5.74, 6) is -0.0925. The van der Waals surface area contributed by atoms with Crippen molar-refractivity contribution in [1.29, 1.82) is 0 Å². The highest BCUT2D eigenvalue weighted by atomic mass is 35.5. The lowest BCUT2D eigenvalue weighted by Crippen LogP contribution is -2.42. The number of H-pyrrole nitrogens is 1. The number of aliphatic hydroxyl groups is 1. The molecule has 6 heteroatoms. The first kappa shape index (κ1) is 16.5. The third kappa shape index (κ3) is 3.67. The number of nitrogens with zero attached hydrogens (tertiary/aromatic N) is 1. The molecule has 0 unspecified atom stereocenters. The zero-order valence-electron chi connectivity index (χ0n) is 12.6. The van der Waals surface area contributed by atoms with Crippen LogP contribution in [0.4, 0.5) is 0 Å². The van der Waals surface area contributed by atoms with E-state index < -0.39 is 0 Å². The van der Waals surface area contributed by atoms with Crippen molar-refractivity contribution < 1.29 is 9.90 Å². The zero-order valence-corrected chi connectivity index (χ0v) is 13.4. The molecule has 1 aromatic heterocycles. The van der Waals surface area contributed by atoms with Gasteiger partial charge in [-0.3, -0.25) is 9.89 Å². The van der Waals surface area contributed by atoms with Crippen LogP contribution < -0.4 is 5.32 Å². The molecule has 5 nitrogen and oxygen atoms in total. The van der Waals surface area contributed by atoms with E-state index in [9.17, 15) is 9.90 Å². The van der Waals surface area contributed by atoms with E-state index in [2.05, 4.69) is 15.5 Å². The maximum atomic E-state index is 12.2. The van der Waals surface area contributed by atoms with Crippen LogP contribution in [0.5, 0.6) is 0 Å². The highest BCUT2D eigenvalue weighted by Crippen LogP contribution is 2.26. The quantitative estimate of drug-likeness (QED) is 0.765. The highest BCUT2D eigenvalue weighted by Gasteiger charge is 2.20. The fourth-order valence-corrected chi connectivity index (χ4v) is 2.38. The molecule has 0 aliphatic rings. The Morgan fingerprint density at radius 2 is 2.18 bits per heavy atom. The summed E-state index contributed by atoms with van der Waals surface area (Å²) in [7, 11) is 0. The van der Waals surface area contributed by atoms with Crippen LogP contribution in [0.2, 0.25) is 5.02 Å². The highest BCUT2D eigenvalue weighted by molar-refractivity contribution is 6.33. The summed E-state index contributed by atoms with van der Waals surface area (Å²) in [5, 5.41) is 19.6. The van der Waals surface area contributed by atoms with Crippen molar-refractivity contribution in [3.8, 4) is 11.3 Å². The second kappa shape index (κ2) is 7.42. The molecule has 0 bridgehead atoms. The van der Waals surface area contributed by atoms with Crippen LogP contribution in [0.3, 0.4) is 0 Å². The summed E-state index contributed by atoms with van der Waals surface area (Å²) in [6.07, 6.45) is 0.874. The van der Waals surface area contributed by atoms with E-state index in [1.807, 2.05) is 32.0 Å². The summed E-state index contributed by atoms with van der Waals surface area (Å²) in [5.41, 5.74) is 1.72. The second-order valence-electron chi connectivity index (χ2n) is 5.29. The molecule has 1 aromatic carbocycles. The van der Waals surface area contributed by atoms with Crippen molar-refractivity contribution in [2.75, 3.05) is 6.61 Å². The minimum atomic E-state index is -0.287. The lowest BCUT2D eigenvalue weighted by molar-refractivity contribution is 0.0886. The van der Waals surface area contributed by atoms with Gasteiger partial charge in [0.15, 0.2) is 0 Å². The number of hydrogen-bond donors (Lipinski definition) is 3. The van der Waals surface area contributed by atoms with E-state index in [1.165, 1.54) is 0 Å². The molecule has 2 atom stereocenters. The summed E-state index contributed by atoms with van der Waals surface area (Å²) in [6.45, 7) is 3.92. The molecule has 0 saturated carbocycles. The van der Waals surface area contributed by atoms with Gasteiger partial charge in [0.25, 0.3) is 5.91 Å². The number of aromatic amines is 1. The minimum Gasteiger partial charge on any atom is -0.394 e. The van der Waals surface area contributed by atoms with Gasteiger partial charge < -0.3 is 10.4 Å². The Kier molecular flexibility index (Phi) is 5.57. The number of amides is 1. The van der Waals surface area contributed by atoms with Crippen LogP contribution in [0, 0.1) is 5.92 Å². The van der Waals surface area contributed by atoms with E-state index in [4.69, 9.17) is 11.6 Å². The van der Waals surface area contributed by atoms with Gasteiger partial charge in [-0.1, -0.05) is 50.1 Å². The summed E-state index contributed by atoms with van der Waals surface area (Å²) in [6, 6.07) is 8.70. The molecule has 118 valence electrons. The first-order valence-electron chi connectivity index (χ1n) is 7.28. The van der Waals surface area contributed by atoms with Crippen molar-refractivity contribution in [2.45, 2.75) is 26.3 Å². The Bertz CT molecular complexity index is 642. The largest absolute Gasteiger partial charge is 0.394 e. The standard InChI is InChI=1S/C16H20ClN3O2/c1-3-10(2)15(9-21)18-16(22)14-8-13(19-20-14)11-6-4-5-7-12(11)17/h4-8,10,15,21H,3,9H2,1-2H3,(H,18,22)(H,19,20)/t10-,15+/m1/s1. The summed E-state index contributed by atoms with van der Waals surface area (Å²) in [4.78, 5) is 12.2. The Labute approximate surface area is 134 Å². The van der Waals surface area contributed by atoms with E-state index in [1.54, 1.807) is 12.1 Å². The topological polar surface area (TPSA) is 78.0 Å². The molecule has 0 radical (unpaired) electrons. The normalized spacial score (nSPS) is 13.6. The fraction of sp³-hybridized carbons (Fsp3) is 0.375. The third-order valence-corrected chi connectivity index (χ3v) is 4.15. The molecule has 1 heterocycles. The van der Waals surface area contributed by atoms with Gasteiger partial charge in [-0.25, -0.2) is 0 Å². The number of aliphatic hydroxyl groups excluding tert-OH is 1. The van der Waals surface area contributed by atoms with Crippen molar-refractivity contribution >= 4 is 17.5 Å². The second-order valence-corrected chi connectivity index (χ2v) is 5.70. The predicted molar refractivity (Wildman–Crippen MR) is 86.8 cm³/mol. The van der Waals surface area contributed by atoms with Crippen LogP contribution in [-0.4, -0.2) is 33.9 Å². The molecule has 2 rings (SSSR count). The van der Waals surface area contributed by atoms with Crippen molar-refractivity contribution in [3.63, 3.8) is 0 Å². The average Bonchev–Trinajstić information content (AvgIpc) is 3.02.